The van der Waals surface area contributed by atoms with E-state index in [9.17, 15) is 10.2 Å². The molecule has 0 saturated heterocycles. The summed E-state index contributed by atoms with van der Waals surface area (Å²) in [5.74, 6) is -1.94. The molecule has 0 radical (unpaired) electrons. The first kappa shape index (κ1) is 46.7. The molecule has 292 valence electrons. The van der Waals surface area contributed by atoms with E-state index in [1.54, 1.807) is 0 Å². The van der Waals surface area contributed by atoms with E-state index in [-0.39, 0.29) is 27.1 Å². The first-order chi connectivity index (χ1) is 22.5. The minimum absolute atomic E-state index is 0.322. The van der Waals surface area contributed by atoms with E-state index in [1.807, 2.05) is 0 Å². The van der Waals surface area contributed by atoms with Gasteiger partial charge in [0.05, 0.1) is 5.41 Å². The van der Waals surface area contributed by atoms with Crippen LogP contribution in [0.2, 0.25) is 0 Å². The molecule has 0 aromatic carbocycles. The Kier molecular flexibility index (Phi) is 18.2. The van der Waals surface area contributed by atoms with Crippen molar-refractivity contribution in [3.63, 3.8) is 0 Å². The van der Waals surface area contributed by atoms with Gasteiger partial charge in [0.2, 0.25) is 0 Å². The zero-order chi connectivity index (χ0) is 37.8. The van der Waals surface area contributed by atoms with E-state index in [0.29, 0.717) is 0 Å². The number of aliphatic hydroxyl groups is 2. The van der Waals surface area contributed by atoms with Crippen LogP contribution in [0.25, 0.3) is 0 Å². The Morgan fingerprint density at radius 3 is 0.939 bits per heavy atom. The Morgan fingerprint density at radius 1 is 0.429 bits per heavy atom. The standard InChI is InChI=1S/C47H92O2/c1-16-18-20-22-24-26-28-30-32-34-36-44(37-35-33-31-29-27-25-23-21-19-17-2)38-39(3)45(40(4,5)6,41(7,8)9)47(48,49)46(44,42(10,11)12)43(13,14)15/h38,48-49H,16-37H2,1-15H3. The van der Waals surface area contributed by atoms with Crippen LogP contribution in [0.15, 0.2) is 11.6 Å². The molecule has 0 unspecified atom stereocenters. The van der Waals surface area contributed by atoms with Crippen LogP contribution < -0.4 is 0 Å². The minimum Gasteiger partial charge on any atom is -0.364 e. The molecule has 0 fully saturated rings. The predicted molar refractivity (Wildman–Crippen MR) is 219 cm³/mol. The molecule has 0 saturated carbocycles. The summed E-state index contributed by atoms with van der Waals surface area (Å²) < 4.78 is 0. The maximum atomic E-state index is 13.7. The lowest BCUT2D eigenvalue weighted by molar-refractivity contribution is -0.418. The molecule has 49 heavy (non-hydrogen) atoms. The van der Waals surface area contributed by atoms with Crippen LogP contribution >= 0.6 is 0 Å². The van der Waals surface area contributed by atoms with Gasteiger partial charge in [-0.25, -0.2) is 0 Å². The molecule has 0 aromatic rings. The normalized spacial score (nSPS) is 19.2. The molecule has 1 aliphatic carbocycles. The summed E-state index contributed by atoms with van der Waals surface area (Å²) in [5, 5.41) is 27.4. The highest BCUT2D eigenvalue weighted by molar-refractivity contribution is 5.39. The summed E-state index contributed by atoms with van der Waals surface area (Å²) >= 11 is 0. The quantitative estimate of drug-likeness (QED) is 0.0675. The number of rotatable bonds is 22. The number of hydrogen-bond acceptors (Lipinski definition) is 2. The van der Waals surface area contributed by atoms with Gasteiger partial charge in [-0.1, -0.05) is 237 Å². The van der Waals surface area contributed by atoms with E-state index < -0.39 is 16.6 Å². The fraction of sp³-hybridized carbons (Fsp3) is 0.957. The van der Waals surface area contributed by atoms with Crippen molar-refractivity contribution in [2.75, 3.05) is 0 Å². The molecule has 2 N–H and O–H groups in total. The van der Waals surface area contributed by atoms with Crippen LogP contribution in [0.1, 0.15) is 245 Å². The van der Waals surface area contributed by atoms with E-state index in [1.165, 1.54) is 121 Å². The average Bonchev–Trinajstić information content (AvgIpc) is 2.91. The minimum atomic E-state index is -1.94. The Bertz CT molecular complexity index is 887. The van der Waals surface area contributed by atoms with Crippen LogP contribution in [0.4, 0.5) is 0 Å². The van der Waals surface area contributed by atoms with E-state index in [0.717, 1.165) is 25.7 Å². The van der Waals surface area contributed by atoms with Crippen molar-refractivity contribution in [1.82, 2.24) is 0 Å². The summed E-state index contributed by atoms with van der Waals surface area (Å²) in [6.45, 7) is 34.4. The summed E-state index contributed by atoms with van der Waals surface area (Å²) in [6.07, 6.45) is 31.1. The van der Waals surface area contributed by atoms with Gasteiger partial charge in [-0.05, 0) is 41.4 Å². The van der Waals surface area contributed by atoms with Crippen molar-refractivity contribution in [1.29, 1.82) is 0 Å². The smallest absolute Gasteiger partial charge is 0.180 e. The topological polar surface area (TPSA) is 40.5 Å². The number of unbranched alkanes of at least 4 members (excludes halogenated alkanes) is 18. The van der Waals surface area contributed by atoms with Crippen molar-refractivity contribution < 1.29 is 10.2 Å². The summed E-state index contributed by atoms with van der Waals surface area (Å²) in [7, 11) is 0. The number of allylic oxidation sites excluding steroid dienone is 1. The van der Waals surface area contributed by atoms with Crippen LogP contribution in [-0.4, -0.2) is 16.0 Å². The van der Waals surface area contributed by atoms with Gasteiger partial charge in [-0.3, -0.25) is 0 Å². The molecule has 1 aliphatic rings. The second-order valence-corrected chi connectivity index (χ2v) is 21.0. The second-order valence-electron chi connectivity index (χ2n) is 21.0. The molecular formula is C47H92O2. The van der Waals surface area contributed by atoms with Crippen molar-refractivity contribution in [2.45, 2.75) is 251 Å². The van der Waals surface area contributed by atoms with Gasteiger partial charge in [-0.2, -0.15) is 0 Å². The van der Waals surface area contributed by atoms with Crippen molar-refractivity contribution in [3.05, 3.63) is 11.6 Å². The molecule has 2 heteroatoms. The van der Waals surface area contributed by atoms with Gasteiger partial charge in [0.1, 0.15) is 0 Å². The Labute approximate surface area is 309 Å². The largest absolute Gasteiger partial charge is 0.364 e. The SMILES string of the molecule is CCCCCCCCCCCCC1(CCCCCCCCCCCC)C=C(C)C(C(C)(C)C)(C(C)(C)C)C(O)(O)C1(C(C)(C)C)C(C)(C)C. The fourth-order valence-corrected chi connectivity index (χ4v) is 13.1. The highest BCUT2D eigenvalue weighted by atomic mass is 16.5. The molecule has 0 atom stereocenters. The second kappa shape index (κ2) is 19.1. The van der Waals surface area contributed by atoms with Crippen LogP contribution in [0.3, 0.4) is 0 Å². The molecule has 0 heterocycles. The first-order valence-electron chi connectivity index (χ1n) is 21.6. The summed E-state index contributed by atoms with van der Waals surface area (Å²) in [5.41, 5.74) is -2.26. The monoisotopic (exact) mass is 689 g/mol. The first-order valence-corrected chi connectivity index (χ1v) is 21.6. The lowest BCUT2D eigenvalue weighted by Gasteiger charge is -2.77. The third-order valence-corrected chi connectivity index (χ3v) is 13.3. The van der Waals surface area contributed by atoms with Crippen LogP contribution in [0, 0.1) is 37.9 Å². The third-order valence-electron chi connectivity index (χ3n) is 13.3. The Balaban J connectivity index is 3.65. The molecular weight excluding hydrogens is 597 g/mol. The van der Waals surface area contributed by atoms with Gasteiger partial charge in [-0.15, -0.1) is 0 Å². The highest BCUT2D eigenvalue weighted by Gasteiger charge is 2.81. The van der Waals surface area contributed by atoms with Gasteiger partial charge in [0.25, 0.3) is 0 Å². The van der Waals surface area contributed by atoms with Crippen LogP contribution in [0.5, 0.6) is 0 Å². The Morgan fingerprint density at radius 2 is 0.694 bits per heavy atom. The molecule has 0 aliphatic heterocycles. The average molecular weight is 689 g/mol. The predicted octanol–water partition coefficient (Wildman–Crippen LogP) is 15.4. The summed E-state index contributed by atoms with van der Waals surface area (Å²) in [4.78, 5) is 0. The van der Waals surface area contributed by atoms with Crippen molar-refractivity contribution >= 4 is 0 Å². The van der Waals surface area contributed by atoms with Gasteiger partial charge < -0.3 is 10.2 Å². The maximum Gasteiger partial charge on any atom is 0.180 e. The molecule has 0 spiro atoms. The molecule has 0 aromatic heterocycles. The van der Waals surface area contributed by atoms with Gasteiger partial charge in [0, 0.05) is 10.8 Å². The van der Waals surface area contributed by atoms with Gasteiger partial charge in [0.15, 0.2) is 5.79 Å². The molecule has 0 amide bonds. The Hall–Kier alpha value is -0.340. The molecule has 0 bridgehead atoms. The zero-order valence-corrected chi connectivity index (χ0v) is 36.5. The third kappa shape index (κ3) is 10.0. The van der Waals surface area contributed by atoms with Crippen LogP contribution in [-0.2, 0) is 0 Å². The van der Waals surface area contributed by atoms with Gasteiger partial charge >= 0.3 is 0 Å². The van der Waals surface area contributed by atoms with Crippen molar-refractivity contribution in [3.8, 4) is 0 Å². The number of hydrogen-bond donors (Lipinski definition) is 2. The van der Waals surface area contributed by atoms with E-state index in [4.69, 9.17) is 0 Å². The summed E-state index contributed by atoms with van der Waals surface area (Å²) in [6, 6.07) is 0. The van der Waals surface area contributed by atoms with E-state index in [2.05, 4.69) is 110 Å². The van der Waals surface area contributed by atoms with Crippen molar-refractivity contribution in [2.24, 2.45) is 37.9 Å². The lowest BCUT2D eigenvalue weighted by Crippen LogP contribution is -2.80. The molecule has 2 nitrogen and oxygen atoms in total. The maximum absolute atomic E-state index is 13.7. The lowest BCUT2D eigenvalue weighted by atomic mass is 9.29. The highest BCUT2D eigenvalue weighted by Crippen LogP contribution is 2.80. The van der Waals surface area contributed by atoms with E-state index >= 15 is 0 Å². The zero-order valence-electron chi connectivity index (χ0n) is 36.5. The fourth-order valence-electron chi connectivity index (χ4n) is 13.1. The molecule has 1 rings (SSSR count).